The molecule has 1 aromatic heterocycles. The molecule has 0 aliphatic heterocycles. The quantitative estimate of drug-likeness (QED) is 0.832. The Kier molecular flexibility index (Phi) is 3.94. The fourth-order valence-corrected chi connectivity index (χ4v) is 2.07. The molecule has 1 heterocycles. The first-order valence-electron chi connectivity index (χ1n) is 5.49. The summed E-state index contributed by atoms with van der Waals surface area (Å²) in [6.07, 6.45) is 1.56. The summed E-state index contributed by atoms with van der Waals surface area (Å²) in [7, 11) is 0. The van der Waals surface area contributed by atoms with Gasteiger partial charge in [-0.25, -0.2) is 4.98 Å². The highest BCUT2D eigenvalue weighted by molar-refractivity contribution is 6.35. The van der Waals surface area contributed by atoms with Gasteiger partial charge in [0, 0.05) is 11.9 Å². The number of halogens is 2. The lowest BCUT2D eigenvalue weighted by Crippen LogP contribution is -2.08. The SMILES string of the molecule is CC(Nc1ncc(Cl)cc1Cl)c1cccc(N)c1. The molecule has 1 aromatic carbocycles. The van der Waals surface area contributed by atoms with E-state index in [0.717, 1.165) is 11.3 Å². The van der Waals surface area contributed by atoms with Gasteiger partial charge in [0.15, 0.2) is 0 Å². The van der Waals surface area contributed by atoms with Crippen LogP contribution in [0.1, 0.15) is 18.5 Å². The molecule has 0 amide bonds. The van der Waals surface area contributed by atoms with Crippen LogP contribution in [0.25, 0.3) is 0 Å². The molecule has 0 saturated carbocycles. The zero-order valence-electron chi connectivity index (χ0n) is 9.82. The Balaban J connectivity index is 2.18. The predicted molar refractivity (Wildman–Crippen MR) is 77.1 cm³/mol. The molecule has 0 radical (unpaired) electrons. The van der Waals surface area contributed by atoms with E-state index in [9.17, 15) is 0 Å². The van der Waals surface area contributed by atoms with Gasteiger partial charge in [-0.05, 0) is 30.7 Å². The van der Waals surface area contributed by atoms with E-state index in [-0.39, 0.29) is 6.04 Å². The van der Waals surface area contributed by atoms with Gasteiger partial charge in [0.1, 0.15) is 5.82 Å². The van der Waals surface area contributed by atoms with Crippen LogP contribution in [0, 0.1) is 0 Å². The lowest BCUT2D eigenvalue weighted by molar-refractivity contribution is 0.875. The lowest BCUT2D eigenvalue weighted by atomic mass is 10.1. The Morgan fingerprint density at radius 2 is 2.06 bits per heavy atom. The maximum Gasteiger partial charge on any atom is 0.145 e. The summed E-state index contributed by atoms with van der Waals surface area (Å²) in [6.45, 7) is 2.02. The van der Waals surface area contributed by atoms with E-state index in [0.29, 0.717) is 15.9 Å². The van der Waals surface area contributed by atoms with Crippen molar-refractivity contribution in [3.8, 4) is 0 Å². The molecular formula is C13H13Cl2N3. The first kappa shape index (κ1) is 13.0. The van der Waals surface area contributed by atoms with Gasteiger partial charge in [0.05, 0.1) is 16.1 Å². The fraction of sp³-hybridized carbons (Fsp3) is 0.154. The third-order valence-corrected chi connectivity index (χ3v) is 3.07. The standard InChI is InChI=1S/C13H13Cl2N3/c1-8(9-3-2-4-11(16)5-9)18-13-12(15)6-10(14)7-17-13/h2-8H,16H2,1H3,(H,17,18). The van der Waals surface area contributed by atoms with Crippen molar-refractivity contribution in [3.05, 3.63) is 52.1 Å². The van der Waals surface area contributed by atoms with E-state index in [4.69, 9.17) is 28.9 Å². The Morgan fingerprint density at radius 1 is 1.28 bits per heavy atom. The van der Waals surface area contributed by atoms with Crippen LogP contribution in [0.15, 0.2) is 36.5 Å². The van der Waals surface area contributed by atoms with Crippen LogP contribution < -0.4 is 11.1 Å². The highest BCUT2D eigenvalue weighted by Gasteiger charge is 2.09. The van der Waals surface area contributed by atoms with E-state index in [1.807, 2.05) is 31.2 Å². The molecule has 0 aliphatic carbocycles. The van der Waals surface area contributed by atoms with E-state index >= 15 is 0 Å². The monoisotopic (exact) mass is 281 g/mol. The van der Waals surface area contributed by atoms with Crippen molar-refractivity contribution >= 4 is 34.7 Å². The van der Waals surface area contributed by atoms with Crippen LogP contribution >= 0.6 is 23.2 Å². The molecule has 94 valence electrons. The molecule has 2 aromatic rings. The number of rotatable bonds is 3. The van der Waals surface area contributed by atoms with E-state index in [2.05, 4.69) is 10.3 Å². The van der Waals surface area contributed by atoms with E-state index in [1.165, 1.54) is 0 Å². The number of nitrogens with zero attached hydrogens (tertiary/aromatic N) is 1. The molecule has 5 heteroatoms. The minimum atomic E-state index is 0.0553. The molecule has 1 unspecified atom stereocenters. The second-order valence-corrected chi connectivity index (χ2v) is 4.86. The predicted octanol–water partition coefficient (Wildman–Crippen LogP) is 4.14. The highest BCUT2D eigenvalue weighted by Crippen LogP contribution is 2.26. The second kappa shape index (κ2) is 5.46. The van der Waals surface area contributed by atoms with Crippen molar-refractivity contribution in [2.24, 2.45) is 0 Å². The van der Waals surface area contributed by atoms with E-state index in [1.54, 1.807) is 12.3 Å². The number of hydrogen-bond donors (Lipinski definition) is 2. The van der Waals surface area contributed by atoms with Crippen LogP contribution in [0.2, 0.25) is 10.0 Å². The Morgan fingerprint density at radius 3 is 2.72 bits per heavy atom. The van der Waals surface area contributed by atoms with Gasteiger partial charge in [-0.1, -0.05) is 35.3 Å². The normalized spacial score (nSPS) is 12.2. The molecule has 0 aliphatic rings. The molecular weight excluding hydrogens is 269 g/mol. The van der Waals surface area contributed by atoms with Gasteiger partial charge in [-0.3, -0.25) is 0 Å². The van der Waals surface area contributed by atoms with Gasteiger partial charge in [0.25, 0.3) is 0 Å². The molecule has 18 heavy (non-hydrogen) atoms. The average Bonchev–Trinajstić information content (AvgIpc) is 2.32. The Hall–Kier alpha value is -1.45. The zero-order valence-corrected chi connectivity index (χ0v) is 11.3. The first-order chi connectivity index (χ1) is 8.56. The number of benzene rings is 1. The summed E-state index contributed by atoms with van der Waals surface area (Å²) in [5.74, 6) is 0.607. The summed E-state index contributed by atoms with van der Waals surface area (Å²) < 4.78 is 0. The molecule has 2 rings (SSSR count). The number of nitrogens with one attached hydrogen (secondary N) is 1. The van der Waals surface area contributed by atoms with Crippen LogP contribution in [0.3, 0.4) is 0 Å². The van der Waals surface area contributed by atoms with Crippen LogP contribution in [-0.4, -0.2) is 4.98 Å². The molecule has 0 fully saturated rings. The molecule has 3 nitrogen and oxygen atoms in total. The largest absolute Gasteiger partial charge is 0.399 e. The number of nitrogens with two attached hydrogens (primary N) is 1. The third-order valence-electron chi connectivity index (χ3n) is 2.57. The second-order valence-electron chi connectivity index (χ2n) is 4.02. The van der Waals surface area contributed by atoms with Crippen molar-refractivity contribution in [1.82, 2.24) is 4.98 Å². The van der Waals surface area contributed by atoms with Gasteiger partial charge in [-0.15, -0.1) is 0 Å². The minimum Gasteiger partial charge on any atom is -0.399 e. The third kappa shape index (κ3) is 3.06. The number of hydrogen-bond acceptors (Lipinski definition) is 3. The molecule has 1 atom stereocenters. The van der Waals surface area contributed by atoms with Gasteiger partial charge in [0.2, 0.25) is 0 Å². The first-order valence-corrected chi connectivity index (χ1v) is 6.25. The molecule has 0 saturated heterocycles. The molecule has 3 N–H and O–H groups in total. The number of nitrogen functional groups attached to an aromatic ring is 1. The zero-order chi connectivity index (χ0) is 13.1. The van der Waals surface area contributed by atoms with Gasteiger partial charge in [-0.2, -0.15) is 0 Å². The minimum absolute atomic E-state index is 0.0553. The Bertz CT molecular complexity index is 558. The number of pyridine rings is 1. The van der Waals surface area contributed by atoms with Crippen molar-refractivity contribution in [2.45, 2.75) is 13.0 Å². The van der Waals surface area contributed by atoms with Crippen molar-refractivity contribution in [2.75, 3.05) is 11.1 Å². The van der Waals surface area contributed by atoms with Crippen molar-refractivity contribution in [1.29, 1.82) is 0 Å². The van der Waals surface area contributed by atoms with Crippen LogP contribution in [0.5, 0.6) is 0 Å². The van der Waals surface area contributed by atoms with Crippen LogP contribution in [-0.2, 0) is 0 Å². The molecule has 0 spiro atoms. The van der Waals surface area contributed by atoms with Crippen molar-refractivity contribution in [3.63, 3.8) is 0 Å². The summed E-state index contributed by atoms with van der Waals surface area (Å²) >= 11 is 11.9. The average molecular weight is 282 g/mol. The number of aromatic nitrogens is 1. The summed E-state index contributed by atoms with van der Waals surface area (Å²) in [4.78, 5) is 4.16. The Labute approximate surface area is 116 Å². The summed E-state index contributed by atoms with van der Waals surface area (Å²) in [5.41, 5.74) is 7.56. The topological polar surface area (TPSA) is 50.9 Å². The maximum absolute atomic E-state index is 6.06. The van der Waals surface area contributed by atoms with Crippen molar-refractivity contribution < 1.29 is 0 Å². The van der Waals surface area contributed by atoms with Gasteiger partial charge >= 0.3 is 0 Å². The molecule has 0 bridgehead atoms. The maximum atomic E-state index is 6.06. The van der Waals surface area contributed by atoms with Crippen LogP contribution in [0.4, 0.5) is 11.5 Å². The smallest absolute Gasteiger partial charge is 0.145 e. The summed E-state index contributed by atoms with van der Waals surface area (Å²) in [5, 5.41) is 4.24. The highest BCUT2D eigenvalue weighted by atomic mass is 35.5. The summed E-state index contributed by atoms with van der Waals surface area (Å²) in [6, 6.07) is 9.40. The van der Waals surface area contributed by atoms with E-state index < -0.39 is 0 Å². The van der Waals surface area contributed by atoms with Gasteiger partial charge < -0.3 is 11.1 Å². The lowest BCUT2D eigenvalue weighted by Gasteiger charge is -2.16. The number of anilines is 2. The fourth-order valence-electron chi connectivity index (χ4n) is 1.64.